The maximum atomic E-state index is 13.5. The van der Waals surface area contributed by atoms with Crippen LogP contribution in [-0.4, -0.2) is 27.4 Å². The molecule has 6 nitrogen and oxygen atoms in total. The highest BCUT2D eigenvalue weighted by molar-refractivity contribution is 7.15. The van der Waals surface area contributed by atoms with Gasteiger partial charge in [0.1, 0.15) is 5.82 Å². The first kappa shape index (κ1) is 15.8. The van der Waals surface area contributed by atoms with E-state index in [1.54, 1.807) is 0 Å². The molecule has 3 heterocycles. The maximum Gasteiger partial charge on any atom is 0.236 e. The number of imidazole rings is 1. The van der Waals surface area contributed by atoms with Gasteiger partial charge in [-0.3, -0.25) is 4.79 Å². The average Bonchev–Trinajstić information content (AvgIpc) is 3.21. The van der Waals surface area contributed by atoms with Crippen molar-refractivity contribution < 1.29 is 4.79 Å². The first-order valence-electron chi connectivity index (χ1n) is 9.16. The van der Waals surface area contributed by atoms with Crippen LogP contribution in [0, 0.1) is 6.92 Å². The zero-order valence-electron chi connectivity index (χ0n) is 14.7. The average molecular weight is 367 g/mol. The summed E-state index contributed by atoms with van der Waals surface area (Å²) in [7, 11) is 0. The molecule has 1 aliphatic heterocycles. The number of anilines is 2. The van der Waals surface area contributed by atoms with Crippen molar-refractivity contribution in [1.29, 1.82) is 0 Å². The molecule has 1 amide bonds. The standard InChI is InChI=1S/C19H21N5OS/c1-10-21-13-7-8-14-11(16(13)22-10)5-3-9-24(14)18(25)12-4-2-6-15-17(12)23-19(20)26-15/h7-8,12H,2-6,9H2,1H3,(H2,20,23)(H,21,22). The number of rotatable bonds is 1. The summed E-state index contributed by atoms with van der Waals surface area (Å²) in [6.45, 7) is 2.72. The van der Waals surface area contributed by atoms with Gasteiger partial charge in [0.15, 0.2) is 5.13 Å². The van der Waals surface area contributed by atoms with E-state index in [2.05, 4.69) is 21.0 Å². The predicted octanol–water partition coefficient (Wildman–Crippen LogP) is 3.31. The quantitative estimate of drug-likeness (QED) is 0.691. The molecule has 1 aromatic carbocycles. The van der Waals surface area contributed by atoms with Gasteiger partial charge in [-0.05, 0) is 51.2 Å². The number of nitrogens with two attached hydrogens (primary N) is 1. The van der Waals surface area contributed by atoms with Crippen molar-refractivity contribution in [2.45, 2.75) is 44.9 Å². The van der Waals surface area contributed by atoms with E-state index < -0.39 is 0 Å². The molecular formula is C19H21N5OS. The molecular weight excluding hydrogens is 346 g/mol. The third-order valence-corrected chi connectivity index (χ3v) is 6.45. The normalized spacial score (nSPS) is 19.4. The number of carbonyl (C=O) groups is 1. The first-order valence-corrected chi connectivity index (χ1v) is 9.98. The van der Waals surface area contributed by atoms with Crippen LogP contribution in [0.25, 0.3) is 11.0 Å². The van der Waals surface area contributed by atoms with Gasteiger partial charge in [-0.2, -0.15) is 0 Å². The third-order valence-electron chi connectivity index (χ3n) is 5.49. The molecule has 5 rings (SSSR count). The molecule has 1 atom stereocenters. The van der Waals surface area contributed by atoms with Crippen LogP contribution in [0.3, 0.4) is 0 Å². The zero-order valence-corrected chi connectivity index (χ0v) is 15.5. The Morgan fingerprint density at radius 3 is 3.08 bits per heavy atom. The lowest BCUT2D eigenvalue weighted by Gasteiger charge is -2.33. The number of nitrogen functional groups attached to an aromatic ring is 1. The third kappa shape index (κ3) is 2.34. The molecule has 0 radical (unpaired) electrons. The van der Waals surface area contributed by atoms with E-state index in [0.717, 1.165) is 66.9 Å². The minimum Gasteiger partial charge on any atom is -0.375 e. The summed E-state index contributed by atoms with van der Waals surface area (Å²) in [5.74, 6) is 0.894. The van der Waals surface area contributed by atoms with Crippen LogP contribution in [0.5, 0.6) is 0 Å². The number of hydrogen-bond donors (Lipinski definition) is 2. The summed E-state index contributed by atoms with van der Waals surface area (Å²) in [5.41, 5.74) is 11.1. The largest absolute Gasteiger partial charge is 0.375 e. The lowest BCUT2D eigenvalue weighted by Crippen LogP contribution is -2.39. The Morgan fingerprint density at radius 2 is 2.19 bits per heavy atom. The minimum absolute atomic E-state index is 0.156. The van der Waals surface area contributed by atoms with Gasteiger partial charge >= 0.3 is 0 Å². The summed E-state index contributed by atoms with van der Waals surface area (Å²) in [6, 6.07) is 4.10. The number of thiazole rings is 1. The SMILES string of the molecule is Cc1nc2c3c(ccc2[nH]1)N(C(=O)C1CCCc2sc(N)nc21)CCC3. The Labute approximate surface area is 155 Å². The van der Waals surface area contributed by atoms with Crippen molar-refractivity contribution >= 4 is 39.1 Å². The number of H-pyrrole nitrogens is 1. The van der Waals surface area contributed by atoms with Gasteiger partial charge in [0, 0.05) is 22.7 Å². The second-order valence-electron chi connectivity index (χ2n) is 7.18. The smallest absolute Gasteiger partial charge is 0.236 e. The lowest BCUT2D eigenvalue weighted by atomic mass is 9.88. The van der Waals surface area contributed by atoms with Gasteiger partial charge < -0.3 is 15.6 Å². The van der Waals surface area contributed by atoms with Crippen LogP contribution in [-0.2, 0) is 17.6 Å². The molecule has 26 heavy (non-hydrogen) atoms. The van der Waals surface area contributed by atoms with Crippen molar-refractivity contribution in [3.05, 3.63) is 34.1 Å². The van der Waals surface area contributed by atoms with Crippen LogP contribution in [0.4, 0.5) is 10.8 Å². The van der Waals surface area contributed by atoms with Crippen molar-refractivity contribution in [3.63, 3.8) is 0 Å². The monoisotopic (exact) mass is 367 g/mol. The number of carbonyl (C=O) groups excluding carboxylic acids is 1. The molecule has 0 spiro atoms. The maximum absolute atomic E-state index is 13.5. The van der Waals surface area contributed by atoms with Crippen molar-refractivity contribution in [2.75, 3.05) is 17.2 Å². The topological polar surface area (TPSA) is 87.9 Å². The van der Waals surface area contributed by atoms with Crippen LogP contribution in [0.2, 0.25) is 0 Å². The first-order chi connectivity index (χ1) is 12.6. The van der Waals surface area contributed by atoms with E-state index in [1.165, 1.54) is 21.8 Å². The Hall–Kier alpha value is -2.41. The Bertz CT molecular complexity index is 1020. The van der Waals surface area contributed by atoms with Crippen LogP contribution in [0.15, 0.2) is 12.1 Å². The van der Waals surface area contributed by atoms with Crippen molar-refractivity contribution in [2.24, 2.45) is 0 Å². The molecule has 0 bridgehead atoms. The van der Waals surface area contributed by atoms with Crippen molar-refractivity contribution in [3.8, 4) is 0 Å². The highest BCUT2D eigenvalue weighted by Crippen LogP contribution is 2.39. The summed E-state index contributed by atoms with van der Waals surface area (Å²) >= 11 is 1.53. The van der Waals surface area contributed by atoms with E-state index in [-0.39, 0.29) is 11.8 Å². The molecule has 1 aliphatic carbocycles. The molecule has 0 saturated heterocycles. The number of hydrogen-bond acceptors (Lipinski definition) is 5. The minimum atomic E-state index is -0.171. The lowest BCUT2D eigenvalue weighted by molar-refractivity contribution is -0.120. The number of aromatic amines is 1. The summed E-state index contributed by atoms with van der Waals surface area (Å²) < 4.78 is 0. The zero-order chi connectivity index (χ0) is 17.8. The molecule has 2 aliphatic rings. The molecule has 0 saturated carbocycles. The van der Waals surface area contributed by atoms with E-state index in [0.29, 0.717) is 5.13 Å². The van der Waals surface area contributed by atoms with Crippen LogP contribution < -0.4 is 10.6 Å². The number of nitrogens with zero attached hydrogens (tertiary/aromatic N) is 3. The number of amides is 1. The Kier molecular flexibility index (Phi) is 3.53. The van der Waals surface area contributed by atoms with E-state index in [1.807, 2.05) is 17.9 Å². The van der Waals surface area contributed by atoms with Gasteiger partial charge in [0.2, 0.25) is 5.91 Å². The van der Waals surface area contributed by atoms with E-state index in [9.17, 15) is 4.79 Å². The fourth-order valence-electron chi connectivity index (χ4n) is 4.37. The predicted molar refractivity (Wildman–Crippen MR) is 104 cm³/mol. The molecule has 0 fully saturated rings. The number of aromatic nitrogens is 3. The highest BCUT2D eigenvalue weighted by atomic mass is 32.1. The fourth-order valence-corrected chi connectivity index (χ4v) is 5.31. The summed E-state index contributed by atoms with van der Waals surface area (Å²) in [6.07, 6.45) is 4.77. The Balaban J connectivity index is 1.56. The molecule has 2 aromatic heterocycles. The van der Waals surface area contributed by atoms with Gasteiger partial charge in [-0.1, -0.05) is 0 Å². The van der Waals surface area contributed by atoms with Gasteiger partial charge in [-0.25, -0.2) is 9.97 Å². The number of fused-ring (bicyclic) bond motifs is 4. The molecule has 3 aromatic rings. The van der Waals surface area contributed by atoms with E-state index >= 15 is 0 Å². The van der Waals surface area contributed by atoms with Crippen molar-refractivity contribution in [1.82, 2.24) is 15.0 Å². The van der Waals surface area contributed by atoms with Gasteiger partial charge in [0.25, 0.3) is 0 Å². The summed E-state index contributed by atoms with van der Waals surface area (Å²) in [4.78, 5) is 29.0. The van der Waals surface area contributed by atoms with Crippen LogP contribution in [0.1, 0.15) is 47.1 Å². The summed E-state index contributed by atoms with van der Waals surface area (Å²) in [5, 5.41) is 0.572. The van der Waals surface area contributed by atoms with Gasteiger partial charge in [-0.15, -0.1) is 11.3 Å². The molecule has 134 valence electrons. The molecule has 1 unspecified atom stereocenters. The van der Waals surface area contributed by atoms with E-state index in [4.69, 9.17) is 5.73 Å². The van der Waals surface area contributed by atoms with Crippen LogP contribution >= 0.6 is 11.3 Å². The number of nitrogens with one attached hydrogen (secondary N) is 1. The second-order valence-corrected chi connectivity index (χ2v) is 8.30. The number of benzene rings is 1. The fraction of sp³-hybridized carbons (Fsp3) is 0.421. The second kappa shape index (κ2) is 5.81. The molecule has 3 N–H and O–H groups in total. The van der Waals surface area contributed by atoms with Gasteiger partial charge in [0.05, 0.1) is 22.6 Å². The number of aryl methyl sites for hydroxylation is 3. The highest BCUT2D eigenvalue weighted by Gasteiger charge is 2.35. The Morgan fingerprint density at radius 1 is 1.31 bits per heavy atom. The molecule has 7 heteroatoms.